The first-order chi connectivity index (χ1) is 11.4. The predicted octanol–water partition coefficient (Wildman–Crippen LogP) is 4.38. The SMILES string of the molecule is CC(Cc1ccc(OC(C)C)cc1)NCC(O)c1cccc(Cl)c1. The van der Waals surface area contributed by atoms with Crippen molar-refractivity contribution in [1.82, 2.24) is 5.32 Å². The Balaban J connectivity index is 1.81. The number of rotatable bonds is 8. The Bertz CT molecular complexity index is 628. The van der Waals surface area contributed by atoms with E-state index in [9.17, 15) is 5.11 Å². The van der Waals surface area contributed by atoms with Gasteiger partial charge in [0.15, 0.2) is 0 Å². The molecular weight excluding hydrogens is 322 g/mol. The molecule has 24 heavy (non-hydrogen) atoms. The molecule has 2 rings (SSSR count). The summed E-state index contributed by atoms with van der Waals surface area (Å²) in [5.74, 6) is 0.894. The van der Waals surface area contributed by atoms with Crippen LogP contribution in [0.4, 0.5) is 0 Å². The van der Waals surface area contributed by atoms with Crippen LogP contribution in [0, 0.1) is 0 Å². The van der Waals surface area contributed by atoms with Crippen molar-refractivity contribution >= 4 is 11.6 Å². The van der Waals surface area contributed by atoms with Crippen molar-refractivity contribution in [3.05, 3.63) is 64.7 Å². The minimum Gasteiger partial charge on any atom is -0.491 e. The molecule has 0 spiro atoms. The van der Waals surface area contributed by atoms with E-state index < -0.39 is 6.10 Å². The van der Waals surface area contributed by atoms with Gasteiger partial charge in [0.2, 0.25) is 0 Å². The lowest BCUT2D eigenvalue weighted by atomic mass is 10.1. The molecule has 0 amide bonds. The maximum Gasteiger partial charge on any atom is 0.119 e. The van der Waals surface area contributed by atoms with Crippen molar-refractivity contribution < 1.29 is 9.84 Å². The second kappa shape index (κ2) is 9.07. The fourth-order valence-electron chi connectivity index (χ4n) is 2.55. The summed E-state index contributed by atoms with van der Waals surface area (Å²) >= 11 is 5.96. The van der Waals surface area contributed by atoms with E-state index in [4.69, 9.17) is 16.3 Å². The maximum absolute atomic E-state index is 10.2. The van der Waals surface area contributed by atoms with Gasteiger partial charge in [0.1, 0.15) is 5.75 Å². The fraction of sp³-hybridized carbons (Fsp3) is 0.400. The topological polar surface area (TPSA) is 41.5 Å². The molecule has 0 heterocycles. The van der Waals surface area contributed by atoms with Crippen LogP contribution in [0.15, 0.2) is 48.5 Å². The highest BCUT2D eigenvalue weighted by Gasteiger charge is 2.10. The van der Waals surface area contributed by atoms with Crippen LogP contribution in [0.2, 0.25) is 5.02 Å². The highest BCUT2D eigenvalue weighted by Crippen LogP contribution is 2.18. The van der Waals surface area contributed by atoms with E-state index in [2.05, 4.69) is 24.4 Å². The van der Waals surface area contributed by atoms with Crippen LogP contribution in [-0.2, 0) is 6.42 Å². The standard InChI is InChI=1S/C20H26ClNO2/c1-14(2)24-19-9-7-16(8-10-19)11-15(3)22-13-20(23)17-5-4-6-18(21)12-17/h4-10,12,14-15,20,22-23H,11,13H2,1-3H3. The molecular formula is C20H26ClNO2. The second-order valence-electron chi connectivity index (χ2n) is 6.39. The highest BCUT2D eigenvalue weighted by molar-refractivity contribution is 6.30. The Morgan fingerprint density at radius 1 is 1.08 bits per heavy atom. The molecule has 130 valence electrons. The van der Waals surface area contributed by atoms with Gasteiger partial charge in [-0.25, -0.2) is 0 Å². The summed E-state index contributed by atoms with van der Waals surface area (Å²) in [6.45, 7) is 6.65. The maximum atomic E-state index is 10.2. The van der Waals surface area contributed by atoms with Gasteiger partial charge in [0.25, 0.3) is 0 Å². The van der Waals surface area contributed by atoms with Crippen LogP contribution in [0.25, 0.3) is 0 Å². The molecule has 0 aliphatic heterocycles. The number of hydrogen-bond donors (Lipinski definition) is 2. The monoisotopic (exact) mass is 347 g/mol. The zero-order valence-corrected chi connectivity index (χ0v) is 15.3. The van der Waals surface area contributed by atoms with Gasteiger partial charge < -0.3 is 15.2 Å². The van der Waals surface area contributed by atoms with Crippen molar-refractivity contribution in [1.29, 1.82) is 0 Å². The van der Waals surface area contributed by atoms with E-state index in [0.29, 0.717) is 11.6 Å². The van der Waals surface area contributed by atoms with Crippen LogP contribution in [0.5, 0.6) is 5.75 Å². The summed E-state index contributed by atoms with van der Waals surface area (Å²) in [4.78, 5) is 0. The molecule has 0 saturated carbocycles. The van der Waals surface area contributed by atoms with Crippen LogP contribution in [-0.4, -0.2) is 23.8 Å². The lowest BCUT2D eigenvalue weighted by Crippen LogP contribution is -2.32. The molecule has 2 aromatic rings. The third kappa shape index (κ3) is 6.16. The van der Waals surface area contributed by atoms with Crippen LogP contribution in [0.3, 0.4) is 0 Å². The van der Waals surface area contributed by atoms with Gasteiger partial charge in [-0.1, -0.05) is 35.9 Å². The Hall–Kier alpha value is -1.55. The molecule has 2 unspecified atom stereocenters. The van der Waals surface area contributed by atoms with E-state index >= 15 is 0 Å². The number of benzene rings is 2. The molecule has 2 atom stereocenters. The quantitative estimate of drug-likeness (QED) is 0.744. The minimum absolute atomic E-state index is 0.185. The van der Waals surface area contributed by atoms with Crippen molar-refractivity contribution in [3.63, 3.8) is 0 Å². The van der Waals surface area contributed by atoms with E-state index in [1.807, 2.05) is 38.1 Å². The molecule has 0 aliphatic rings. The Kier molecular flexibility index (Phi) is 7.10. The molecule has 0 bridgehead atoms. The number of aliphatic hydroxyl groups is 1. The molecule has 2 N–H and O–H groups in total. The first-order valence-electron chi connectivity index (χ1n) is 8.36. The fourth-order valence-corrected chi connectivity index (χ4v) is 2.75. The zero-order valence-electron chi connectivity index (χ0n) is 14.5. The minimum atomic E-state index is -0.562. The first-order valence-corrected chi connectivity index (χ1v) is 8.74. The van der Waals surface area contributed by atoms with Crippen molar-refractivity contribution in [2.45, 2.75) is 45.4 Å². The van der Waals surface area contributed by atoms with E-state index in [1.54, 1.807) is 12.1 Å². The Labute approximate surface area is 149 Å². The second-order valence-corrected chi connectivity index (χ2v) is 6.83. The van der Waals surface area contributed by atoms with Gasteiger partial charge >= 0.3 is 0 Å². The summed E-state index contributed by atoms with van der Waals surface area (Å²) in [5.41, 5.74) is 2.07. The summed E-state index contributed by atoms with van der Waals surface area (Å²) < 4.78 is 5.65. The highest BCUT2D eigenvalue weighted by atomic mass is 35.5. The van der Waals surface area contributed by atoms with Gasteiger partial charge in [-0.05, 0) is 62.6 Å². The van der Waals surface area contributed by atoms with Crippen molar-refractivity contribution in [2.75, 3.05) is 6.54 Å². The van der Waals surface area contributed by atoms with Crippen LogP contribution >= 0.6 is 11.6 Å². The molecule has 0 radical (unpaired) electrons. The summed E-state index contributed by atoms with van der Waals surface area (Å²) in [5, 5.41) is 14.3. The van der Waals surface area contributed by atoms with Gasteiger partial charge in [0.05, 0.1) is 12.2 Å². The smallest absolute Gasteiger partial charge is 0.119 e. The summed E-state index contributed by atoms with van der Waals surface area (Å²) in [6, 6.07) is 15.8. The molecule has 0 saturated heterocycles. The largest absolute Gasteiger partial charge is 0.491 e. The molecule has 2 aromatic carbocycles. The third-order valence-electron chi connectivity index (χ3n) is 3.73. The van der Waals surface area contributed by atoms with Crippen molar-refractivity contribution in [3.8, 4) is 5.75 Å². The summed E-state index contributed by atoms with van der Waals surface area (Å²) in [7, 11) is 0. The average molecular weight is 348 g/mol. The van der Waals surface area contributed by atoms with Crippen molar-refractivity contribution in [2.24, 2.45) is 0 Å². The van der Waals surface area contributed by atoms with Crippen LogP contribution in [0.1, 0.15) is 38.0 Å². The number of hydrogen-bond acceptors (Lipinski definition) is 3. The third-order valence-corrected chi connectivity index (χ3v) is 3.97. The first kappa shape index (κ1) is 18.8. The molecule has 0 fully saturated rings. The normalized spacial score (nSPS) is 13.8. The lowest BCUT2D eigenvalue weighted by molar-refractivity contribution is 0.170. The van der Waals surface area contributed by atoms with Gasteiger partial charge in [-0.2, -0.15) is 0 Å². The number of nitrogens with one attached hydrogen (secondary N) is 1. The van der Waals surface area contributed by atoms with Gasteiger partial charge in [-0.15, -0.1) is 0 Å². The molecule has 3 nitrogen and oxygen atoms in total. The van der Waals surface area contributed by atoms with Crippen LogP contribution < -0.4 is 10.1 Å². The van der Waals surface area contributed by atoms with E-state index in [1.165, 1.54) is 5.56 Å². The zero-order chi connectivity index (χ0) is 17.5. The molecule has 0 aliphatic carbocycles. The van der Waals surface area contributed by atoms with E-state index in [-0.39, 0.29) is 12.1 Å². The number of aliphatic hydroxyl groups excluding tert-OH is 1. The molecule has 4 heteroatoms. The number of halogens is 1. The molecule has 0 aromatic heterocycles. The summed E-state index contributed by atoms with van der Waals surface area (Å²) in [6.07, 6.45) is 0.516. The van der Waals surface area contributed by atoms with Gasteiger partial charge in [-0.3, -0.25) is 0 Å². The Morgan fingerprint density at radius 2 is 1.79 bits per heavy atom. The average Bonchev–Trinajstić information content (AvgIpc) is 2.54. The lowest BCUT2D eigenvalue weighted by Gasteiger charge is -2.18. The number of ether oxygens (including phenoxy) is 1. The Morgan fingerprint density at radius 3 is 2.42 bits per heavy atom. The van der Waals surface area contributed by atoms with Gasteiger partial charge in [0, 0.05) is 17.6 Å². The predicted molar refractivity (Wildman–Crippen MR) is 99.8 cm³/mol. The van der Waals surface area contributed by atoms with E-state index in [0.717, 1.165) is 17.7 Å².